The molecular weight excluding hydrogens is 276 g/mol. The van der Waals surface area contributed by atoms with E-state index >= 15 is 0 Å². The van der Waals surface area contributed by atoms with Crippen LogP contribution in [0.5, 0.6) is 0 Å². The van der Waals surface area contributed by atoms with Gasteiger partial charge in [0, 0.05) is 33.2 Å². The predicted octanol–water partition coefficient (Wildman–Crippen LogP) is 4.13. The molecule has 0 bridgehead atoms. The highest BCUT2D eigenvalue weighted by atomic mass is 79.9. The molecule has 0 saturated heterocycles. The Bertz CT molecular complexity index is 535. The number of aromatic nitrogens is 1. The van der Waals surface area contributed by atoms with Gasteiger partial charge >= 0.3 is 0 Å². The van der Waals surface area contributed by atoms with Crippen molar-refractivity contribution in [1.29, 1.82) is 0 Å². The highest BCUT2D eigenvalue weighted by Gasteiger charge is 2.10. The normalized spacial score (nSPS) is 12.3. The largest absolute Gasteiger partial charge is 0.357 e. The lowest BCUT2D eigenvalue weighted by Crippen LogP contribution is -2.35. The zero-order valence-electron chi connectivity index (χ0n) is 10.8. The number of rotatable bonds is 2. The lowest BCUT2D eigenvalue weighted by atomic mass is 10.1. The minimum absolute atomic E-state index is 0.146. The van der Waals surface area contributed by atoms with E-state index in [1.165, 1.54) is 22.2 Å². The van der Waals surface area contributed by atoms with Gasteiger partial charge in [-0.2, -0.15) is 0 Å². The van der Waals surface area contributed by atoms with Gasteiger partial charge < -0.3 is 10.3 Å². The summed E-state index contributed by atoms with van der Waals surface area (Å²) in [5.74, 6) is 0. The zero-order valence-corrected chi connectivity index (χ0v) is 12.4. The number of hydrogen-bond donors (Lipinski definition) is 2. The number of benzene rings is 1. The van der Waals surface area contributed by atoms with Crippen LogP contribution in [-0.4, -0.2) is 10.5 Å². The van der Waals surface area contributed by atoms with Gasteiger partial charge in [-0.15, -0.1) is 0 Å². The molecule has 0 amide bonds. The van der Waals surface area contributed by atoms with Crippen LogP contribution in [0.25, 0.3) is 10.9 Å². The fourth-order valence-corrected chi connectivity index (χ4v) is 2.48. The van der Waals surface area contributed by atoms with Crippen LogP contribution in [0.15, 0.2) is 22.7 Å². The van der Waals surface area contributed by atoms with Crippen molar-refractivity contribution in [3.63, 3.8) is 0 Å². The smallest absolute Gasteiger partial charge is 0.0486 e. The minimum Gasteiger partial charge on any atom is -0.357 e. The molecular formula is C14H19BrN2. The fourth-order valence-electron chi connectivity index (χ4n) is 1.89. The Morgan fingerprint density at radius 3 is 2.59 bits per heavy atom. The summed E-state index contributed by atoms with van der Waals surface area (Å²) in [4.78, 5) is 3.48. The van der Waals surface area contributed by atoms with E-state index in [-0.39, 0.29) is 5.54 Å². The molecule has 0 atom stereocenters. The van der Waals surface area contributed by atoms with Crippen molar-refractivity contribution < 1.29 is 0 Å². The predicted molar refractivity (Wildman–Crippen MR) is 77.3 cm³/mol. The first-order valence-electron chi connectivity index (χ1n) is 5.88. The molecule has 0 saturated carbocycles. The third-order valence-electron chi connectivity index (χ3n) is 2.76. The van der Waals surface area contributed by atoms with Gasteiger partial charge in [0.2, 0.25) is 0 Å². The maximum Gasteiger partial charge on any atom is 0.0486 e. The summed E-state index contributed by atoms with van der Waals surface area (Å²) >= 11 is 3.53. The molecule has 0 spiro atoms. The third kappa shape index (κ3) is 3.11. The summed E-state index contributed by atoms with van der Waals surface area (Å²) < 4.78 is 1.14. The topological polar surface area (TPSA) is 27.8 Å². The molecule has 2 nitrogen and oxygen atoms in total. The Labute approximate surface area is 111 Å². The average molecular weight is 295 g/mol. The number of nitrogens with one attached hydrogen (secondary N) is 2. The standard InChI is InChI=1S/C14H19BrN2/c1-9-5-11(15)6-10-7-12(17-13(9)10)8-16-14(2,3)4/h5-7,16-17H,8H2,1-4H3. The SMILES string of the molecule is Cc1cc(Br)cc2cc(CNC(C)(C)C)[nH]c12. The number of aromatic amines is 1. The van der Waals surface area contributed by atoms with Crippen LogP contribution in [0.2, 0.25) is 0 Å². The van der Waals surface area contributed by atoms with Crippen LogP contribution in [0, 0.1) is 6.92 Å². The van der Waals surface area contributed by atoms with Crippen molar-refractivity contribution in [3.8, 4) is 0 Å². The van der Waals surface area contributed by atoms with E-state index in [0.717, 1.165) is 11.0 Å². The van der Waals surface area contributed by atoms with Gasteiger partial charge in [0.1, 0.15) is 0 Å². The van der Waals surface area contributed by atoms with E-state index in [2.05, 4.69) is 72.1 Å². The molecule has 0 radical (unpaired) electrons. The molecule has 0 aliphatic rings. The lowest BCUT2D eigenvalue weighted by Gasteiger charge is -2.19. The van der Waals surface area contributed by atoms with Gasteiger partial charge in [0.25, 0.3) is 0 Å². The Hall–Kier alpha value is -0.800. The van der Waals surface area contributed by atoms with Crippen LogP contribution < -0.4 is 5.32 Å². The molecule has 0 unspecified atom stereocenters. The average Bonchev–Trinajstić information content (AvgIpc) is 2.56. The van der Waals surface area contributed by atoms with Crippen LogP contribution in [-0.2, 0) is 6.54 Å². The van der Waals surface area contributed by atoms with Crippen molar-refractivity contribution in [1.82, 2.24) is 10.3 Å². The third-order valence-corrected chi connectivity index (χ3v) is 3.21. The molecule has 0 aliphatic heterocycles. The first-order valence-corrected chi connectivity index (χ1v) is 6.67. The monoisotopic (exact) mass is 294 g/mol. The van der Waals surface area contributed by atoms with Gasteiger partial charge in [0.05, 0.1) is 0 Å². The lowest BCUT2D eigenvalue weighted by molar-refractivity contribution is 0.422. The summed E-state index contributed by atoms with van der Waals surface area (Å²) in [5, 5.41) is 4.76. The molecule has 17 heavy (non-hydrogen) atoms. The van der Waals surface area contributed by atoms with Crippen LogP contribution in [0.1, 0.15) is 32.0 Å². The second kappa shape index (κ2) is 4.46. The maximum absolute atomic E-state index is 3.53. The summed E-state index contributed by atoms with van der Waals surface area (Å²) in [5.41, 5.74) is 3.89. The van der Waals surface area contributed by atoms with Crippen molar-refractivity contribution in [3.05, 3.63) is 33.9 Å². The summed E-state index contributed by atoms with van der Waals surface area (Å²) in [6.07, 6.45) is 0. The van der Waals surface area contributed by atoms with Crippen LogP contribution in [0.4, 0.5) is 0 Å². The van der Waals surface area contributed by atoms with Gasteiger partial charge in [-0.25, -0.2) is 0 Å². The van der Waals surface area contributed by atoms with Gasteiger partial charge in [-0.3, -0.25) is 0 Å². The number of aryl methyl sites for hydroxylation is 1. The van der Waals surface area contributed by atoms with Gasteiger partial charge in [-0.05, 0) is 51.5 Å². The van der Waals surface area contributed by atoms with Crippen LogP contribution >= 0.6 is 15.9 Å². The number of fused-ring (bicyclic) bond motifs is 1. The van der Waals surface area contributed by atoms with E-state index in [9.17, 15) is 0 Å². The van der Waals surface area contributed by atoms with Crippen LogP contribution in [0.3, 0.4) is 0 Å². The molecule has 3 heteroatoms. The molecule has 0 fully saturated rings. The highest BCUT2D eigenvalue weighted by molar-refractivity contribution is 9.10. The Balaban J connectivity index is 2.29. The molecule has 1 aromatic heterocycles. The van der Waals surface area contributed by atoms with E-state index in [0.29, 0.717) is 0 Å². The highest BCUT2D eigenvalue weighted by Crippen LogP contribution is 2.24. The molecule has 2 rings (SSSR count). The Morgan fingerprint density at radius 1 is 1.24 bits per heavy atom. The van der Waals surface area contributed by atoms with E-state index in [4.69, 9.17) is 0 Å². The quantitative estimate of drug-likeness (QED) is 0.856. The first kappa shape index (κ1) is 12.7. The zero-order chi connectivity index (χ0) is 12.6. The van der Waals surface area contributed by atoms with Crippen molar-refractivity contribution >= 4 is 26.8 Å². The summed E-state index contributed by atoms with van der Waals surface area (Å²) in [6, 6.07) is 6.51. The first-order chi connectivity index (χ1) is 7.85. The number of hydrogen-bond acceptors (Lipinski definition) is 1. The molecule has 1 aromatic carbocycles. The molecule has 1 heterocycles. The second-order valence-corrected chi connectivity index (χ2v) is 6.50. The van der Waals surface area contributed by atoms with E-state index in [1.54, 1.807) is 0 Å². The number of H-pyrrole nitrogens is 1. The Kier molecular flexibility index (Phi) is 3.32. The van der Waals surface area contributed by atoms with Gasteiger partial charge in [-0.1, -0.05) is 15.9 Å². The van der Waals surface area contributed by atoms with E-state index < -0.39 is 0 Å². The summed E-state index contributed by atoms with van der Waals surface area (Å²) in [6.45, 7) is 9.53. The molecule has 92 valence electrons. The fraction of sp³-hybridized carbons (Fsp3) is 0.429. The van der Waals surface area contributed by atoms with Crippen molar-refractivity contribution in [2.24, 2.45) is 0 Å². The maximum atomic E-state index is 3.53. The van der Waals surface area contributed by atoms with Crippen molar-refractivity contribution in [2.75, 3.05) is 0 Å². The Morgan fingerprint density at radius 2 is 1.94 bits per heavy atom. The molecule has 2 aromatic rings. The summed E-state index contributed by atoms with van der Waals surface area (Å²) in [7, 11) is 0. The van der Waals surface area contributed by atoms with Gasteiger partial charge in [0.15, 0.2) is 0 Å². The van der Waals surface area contributed by atoms with E-state index in [1.807, 2.05) is 0 Å². The molecule has 0 aliphatic carbocycles. The number of halogens is 1. The minimum atomic E-state index is 0.146. The van der Waals surface area contributed by atoms with Crippen molar-refractivity contribution in [2.45, 2.75) is 39.8 Å². The second-order valence-electron chi connectivity index (χ2n) is 5.59. The molecule has 2 N–H and O–H groups in total.